The number of alkyl halides is 2. The van der Waals surface area contributed by atoms with Crippen LogP contribution in [0, 0.1) is 0 Å². The summed E-state index contributed by atoms with van der Waals surface area (Å²) in [6.45, 7) is 3.71. The highest BCUT2D eigenvalue weighted by Crippen LogP contribution is 2.42. The molecule has 2 aliphatic heterocycles. The molecule has 1 saturated heterocycles. The van der Waals surface area contributed by atoms with Gasteiger partial charge in [0.2, 0.25) is 0 Å². The molecule has 1 aromatic carbocycles. The summed E-state index contributed by atoms with van der Waals surface area (Å²) < 4.78 is 33.7. The SMILES string of the molecule is CC1(C)Cc2cc(NC(=O)C(=CN)c3ncccn3)c(N3C[C@@H](F)[C@@H](F)C3)cc2O1. The molecular weight excluding hydrogens is 392 g/mol. The number of aromatic nitrogens is 2. The van der Waals surface area contributed by atoms with Gasteiger partial charge in [0, 0.05) is 36.6 Å². The molecule has 1 aromatic heterocycles. The van der Waals surface area contributed by atoms with E-state index in [1.165, 1.54) is 12.4 Å². The molecule has 1 fully saturated rings. The molecule has 1 amide bonds. The van der Waals surface area contributed by atoms with E-state index in [9.17, 15) is 13.6 Å². The van der Waals surface area contributed by atoms with Gasteiger partial charge in [0.1, 0.15) is 11.4 Å². The van der Waals surface area contributed by atoms with Gasteiger partial charge in [-0.05, 0) is 26.0 Å². The van der Waals surface area contributed by atoms with E-state index in [4.69, 9.17) is 10.5 Å². The number of rotatable bonds is 4. The van der Waals surface area contributed by atoms with Gasteiger partial charge in [-0.15, -0.1) is 0 Å². The summed E-state index contributed by atoms with van der Waals surface area (Å²) in [5, 5.41) is 2.81. The van der Waals surface area contributed by atoms with Crippen LogP contribution >= 0.6 is 0 Å². The second-order valence-electron chi connectivity index (χ2n) is 8.06. The molecule has 2 atom stereocenters. The highest BCUT2D eigenvalue weighted by Gasteiger charge is 2.37. The molecule has 0 bridgehead atoms. The summed E-state index contributed by atoms with van der Waals surface area (Å²) in [7, 11) is 0. The van der Waals surface area contributed by atoms with Crippen LogP contribution in [0.25, 0.3) is 5.57 Å². The van der Waals surface area contributed by atoms with Crippen LogP contribution in [0.4, 0.5) is 20.2 Å². The topological polar surface area (TPSA) is 93.4 Å². The Balaban J connectivity index is 1.69. The van der Waals surface area contributed by atoms with E-state index < -0.39 is 23.9 Å². The molecule has 30 heavy (non-hydrogen) atoms. The Morgan fingerprint density at radius 1 is 1.27 bits per heavy atom. The van der Waals surface area contributed by atoms with Gasteiger partial charge in [0.15, 0.2) is 18.2 Å². The van der Waals surface area contributed by atoms with Gasteiger partial charge in [0.25, 0.3) is 5.91 Å². The third kappa shape index (κ3) is 3.79. The van der Waals surface area contributed by atoms with Gasteiger partial charge in [-0.3, -0.25) is 4.79 Å². The van der Waals surface area contributed by atoms with E-state index in [0.717, 1.165) is 11.8 Å². The first-order chi connectivity index (χ1) is 14.3. The number of fused-ring (bicyclic) bond motifs is 1. The molecule has 0 unspecified atom stereocenters. The number of nitrogens with one attached hydrogen (secondary N) is 1. The lowest BCUT2D eigenvalue weighted by Crippen LogP contribution is -2.24. The zero-order valence-corrected chi connectivity index (χ0v) is 16.7. The number of carbonyl (C=O) groups is 1. The van der Waals surface area contributed by atoms with Crippen LogP contribution in [0.5, 0.6) is 5.75 Å². The molecule has 0 saturated carbocycles. The fourth-order valence-corrected chi connectivity index (χ4v) is 3.80. The maximum Gasteiger partial charge on any atom is 0.261 e. The van der Waals surface area contributed by atoms with Gasteiger partial charge in [-0.25, -0.2) is 18.7 Å². The van der Waals surface area contributed by atoms with Crippen molar-refractivity contribution in [2.45, 2.75) is 38.2 Å². The Bertz CT molecular complexity index is 986. The predicted molar refractivity (Wildman–Crippen MR) is 110 cm³/mol. The Hall–Kier alpha value is -3.23. The standard InChI is InChI=1S/C21H23F2N5O2/c1-21(2)8-12-6-16(27-20(29)13(9-24)19-25-4-3-5-26-19)17(7-18(12)30-21)28-10-14(22)15(23)11-28/h3-7,9,14-15H,8,10-11,24H2,1-2H3,(H,27,29)/t14-,15+. The van der Waals surface area contributed by atoms with E-state index >= 15 is 0 Å². The van der Waals surface area contributed by atoms with Crippen molar-refractivity contribution in [2.24, 2.45) is 5.73 Å². The number of amides is 1. The summed E-state index contributed by atoms with van der Waals surface area (Å²) in [6, 6.07) is 5.15. The van der Waals surface area contributed by atoms with Crippen LogP contribution in [0.15, 0.2) is 36.8 Å². The summed E-state index contributed by atoms with van der Waals surface area (Å²) in [4.78, 5) is 22.6. The smallest absolute Gasteiger partial charge is 0.261 e. The van der Waals surface area contributed by atoms with Crippen LogP contribution in [-0.2, 0) is 11.2 Å². The van der Waals surface area contributed by atoms with Crippen molar-refractivity contribution in [3.63, 3.8) is 0 Å². The summed E-state index contributed by atoms with van der Waals surface area (Å²) in [5.41, 5.74) is 7.16. The average molecular weight is 415 g/mol. The Morgan fingerprint density at radius 3 is 2.57 bits per heavy atom. The van der Waals surface area contributed by atoms with Gasteiger partial charge in [-0.2, -0.15) is 0 Å². The van der Waals surface area contributed by atoms with E-state index in [0.29, 0.717) is 23.5 Å². The maximum atomic E-state index is 13.9. The second kappa shape index (κ2) is 7.55. The van der Waals surface area contributed by atoms with Crippen LogP contribution in [0.3, 0.4) is 0 Å². The van der Waals surface area contributed by atoms with Crippen molar-refractivity contribution < 1.29 is 18.3 Å². The van der Waals surface area contributed by atoms with Crippen LogP contribution in [-0.4, -0.2) is 46.9 Å². The van der Waals surface area contributed by atoms with E-state index in [-0.39, 0.29) is 24.5 Å². The van der Waals surface area contributed by atoms with Crippen molar-refractivity contribution in [1.82, 2.24) is 9.97 Å². The van der Waals surface area contributed by atoms with Crippen LogP contribution < -0.4 is 20.7 Å². The van der Waals surface area contributed by atoms with Crippen molar-refractivity contribution in [3.8, 4) is 5.75 Å². The second-order valence-corrected chi connectivity index (χ2v) is 8.06. The minimum absolute atomic E-state index is 0.0896. The molecule has 9 heteroatoms. The summed E-state index contributed by atoms with van der Waals surface area (Å²) >= 11 is 0. The number of nitrogens with two attached hydrogens (primary N) is 1. The highest BCUT2D eigenvalue weighted by molar-refractivity contribution is 6.24. The third-order valence-electron chi connectivity index (χ3n) is 5.17. The normalized spacial score (nSPS) is 22.5. The Morgan fingerprint density at radius 2 is 1.93 bits per heavy atom. The molecule has 3 N–H and O–H groups in total. The number of hydrogen-bond acceptors (Lipinski definition) is 6. The van der Waals surface area contributed by atoms with Crippen LogP contribution in [0.1, 0.15) is 25.2 Å². The van der Waals surface area contributed by atoms with Crippen molar-refractivity contribution >= 4 is 22.9 Å². The Kier molecular flexibility index (Phi) is 5.05. The van der Waals surface area contributed by atoms with Gasteiger partial charge < -0.3 is 20.7 Å². The monoisotopic (exact) mass is 415 g/mol. The molecule has 0 spiro atoms. The number of nitrogens with zero attached hydrogens (tertiary/aromatic N) is 3. The lowest BCUT2D eigenvalue weighted by atomic mass is 10.0. The highest BCUT2D eigenvalue weighted by atomic mass is 19.2. The lowest BCUT2D eigenvalue weighted by molar-refractivity contribution is -0.111. The number of carbonyl (C=O) groups excluding carboxylic acids is 1. The van der Waals surface area contributed by atoms with Crippen molar-refractivity contribution in [1.29, 1.82) is 0 Å². The fourth-order valence-electron chi connectivity index (χ4n) is 3.80. The van der Waals surface area contributed by atoms with Crippen LogP contribution in [0.2, 0.25) is 0 Å². The minimum atomic E-state index is -1.59. The average Bonchev–Trinajstić information content (AvgIpc) is 3.19. The first-order valence-electron chi connectivity index (χ1n) is 9.67. The molecule has 3 heterocycles. The number of hydrogen-bond donors (Lipinski definition) is 2. The third-order valence-corrected chi connectivity index (χ3v) is 5.17. The predicted octanol–water partition coefficient (Wildman–Crippen LogP) is 2.62. The fraction of sp³-hybridized carbons (Fsp3) is 0.381. The molecular formula is C21H23F2N5O2. The minimum Gasteiger partial charge on any atom is -0.487 e. The molecule has 0 radical (unpaired) electrons. The largest absolute Gasteiger partial charge is 0.487 e. The van der Waals surface area contributed by atoms with E-state index in [1.807, 2.05) is 13.8 Å². The van der Waals surface area contributed by atoms with E-state index in [1.54, 1.807) is 23.1 Å². The molecule has 0 aliphatic carbocycles. The van der Waals surface area contributed by atoms with Gasteiger partial charge in [-0.1, -0.05) is 0 Å². The first kappa shape index (κ1) is 20.1. The lowest BCUT2D eigenvalue weighted by Gasteiger charge is -2.23. The quantitative estimate of drug-likeness (QED) is 0.746. The van der Waals surface area contributed by atoms with Crippen molar-refractivity contribution in [2.75, 3.05) is 23.3 Å². The molecule has 7 nitrogen and oxygen atoms in total. The van der Waals surface area contributed by atoms with E-state index in [2.05, 4.69) is 15.3 Å². The van der Waals surface area contributed by atoms with Crippen molar-refractivity contribution in [3.05, 3.63) is 48.2 Å². The maximum absolute atomic E-state index is 13.9. The number of ether oxygens (including phenoxy) is 1. The zero-order chi connectivity index (χ0) is 21.5. The molecule has 158 valence electrons. The first-order valence-corrected chi connectivity index (χ1v) is 9.67. The number of halogens is 2. The molecule has 2 aliphatic rings. The summed E-state index contributed by atoms with van der Waals surface area (Å²) in [6.07, 6.45) is 1.62. The number of benzene rings is 1. The molecule has 4 rings (SSSR count). The number of anilines is 2. The van der Waals surface area contributed by atoms with Gasteiger partial charge >= 0.3 is 0 Å². The molecule has 2 aromatic rings. The summed E-state index contributed by atoms with van der Waals surface area (Å²) in [5.74, 6) is 0.307. The van der Waals surface area contributed by atoms with Gasteiger partial charge in [0.05, 0.1) is 30.0 Å². The zero-order valence-electron chi connectivity index (χ0n) is 16.7. The Labute approximate surface area is 172 Å².